The topological polar surface area (TPSA) is 97.3 Å². The largest absolute Gasteiger partial charge is 0.322 e. The minimum Gasteiger partial charge on any atom is -0.322 e. The third-order valence-electron chi connectivity index (χ3n) is 5.29. The number of aromatic nitrogens is 1. The molecule has 1 amide bonds. The van der Waals surface area contributed by atoms with Gasteiger partial charge in [-0.15, -0.1) is 0 Å². The predicted octanol–water partition coefficient (Wildman–Crippen LogP) is 4.75. The monoisotopic (exact) mass is 481 g/mol. The predicted molar refractivity (Wildman–Crippen MR) is 133 cm³/mol. The molecule has 0 radical (unpaired) electrons. The van der Waals surface area contributed by atoms with Crippen LogP contribution in [0.15, 0.2) is 70.4 Å². The van der Waals surface area contributed by atoms with Gasteiger partial charge in [-0.3, -0.25) is 18.9 Å². The molecule has 0 aliphatic heterocycles. The summed E-state index contributed by atoms with van der Waals surface area (Å²) in [4.78, 5) is 24.9. The Morgan fingerprint density at radius 1 is 0.970 bits per heavy atom. The third-order valence-corrected chi connectivity index (χ3v) is 7.75. The second-order valence-corrected chi connectivity index (χ2v) is 10.3. The normalized spacial score (nSPS) is 11.5. The van der Waals surface area contributed by atoms with E-state index in [0.717, 1.165) is 27.1 Å². The SMILES string of the molecule is CCn1c(=O)sc2cc(NC(=O)c3ccc(C)c(S(=O)(=O)Nc4ccc(C)cc4)c3)ccc21. The molecule has 0 atom stereocenters. The summed E-state index contributed by atoms with van der Waals surface area (Å²) in [7, 11) is -3.89. The second kappa shape index (κ2) is 8.84. The van der Waals surface area contributed by atoms with Crippen molar-refractivity contribution in [3.63, 3.8) is 0 Å². The molecule has 1 heterocycles. The molecule has 3 aromatic carbocycles. The van der Waals surface area contributed by atoms with Crippen LogP contribution in [-0.4, -0.2) is 18.9 Å². The maximum absolute atomic E-state index is 13.0. The summed E-state index contributed by atoms with van der Waals surface area (Å²) < 4.78 is 31.0. The summed E-state index contributed by atoms with van der Waals surface area (Å²) in [5.74, 6) is -0.441. The lowest BCUT2D eigenvalue weighted by atomic mass is 10.1. The van der Waals surface area contributed by atoms with Gasteiger partial charge in [0.2, 0.25) is 0 Å². The Morgan fingerprint density at radius 2 is 1.67 bits per heavy atom. The van der Waals surface area contributed by atoms with Gasteiger partial charge in [-0.25, -0.2) is 8.42 Å². The number of rotatable bonds is 6. The van der Waals surface area contributed by atoms with E-state index in [9.17, 15) is 18.0 Å². The first-order chi connectivity index (χ1) is 15.7. The van der Waals surface area contributed by atoms with E-state index in [2.05, 4.69) is 10.0 Å². The van der Waals surface area contributed by atoms with Crippen molar-refractivity contribution in [1.82, 2.24) is 4.57 Å². The zero-order valence-corrected chi connectivity index (χ0v) is 20.0. The number of hydrogen-bond donors (Lipinski definition) is 2. The number of carbonyl (C=O) groups excluding carboxylic acids is 1. The average Bonchev–Trinajstić information content (AvgIpc) is 3.09. The second-order valence-electron chi connectivity index (χ2n) is 7.70. The zero-order chi connectivity index (χ0) is 23.8. The summed E-state index contributed by atoms with van der Waals surface area (Å²) >= 11 is 1.12. The summed E-state index contributed by atoms with van der Waals surface area (Å²) in [5.41, 5.74) is 3.55. The van der Waals surface area contributed by atoms with Gasteiger partial charge < -0.3 is 5.32 Å². The highest BCUT2D eigenvalue weighted by Gasteiger charge is 2.20. The van der Waals surface area contributed by atoms with E-state index >= 15 is 0 Å². The minimum absolute atomic E-state index is 0.0319. The lowest BCUT2D eigenvalue weighted by Crippen LogP contribution is -2.17. The smallest absolute Gasteiger partial charge is 0.308 e. The molecule has 0 saturated carbocycles. The van der Waals surface area contributed by atoms with Crippen molar-refractivity contribution in [1.29, 1.82) is 0 Å². The van der Waals surface area contributed by atoms with Crippen LogP contribution in [0.25, 0.3) is 10.2 Å². The molecule has 2 N–H and O–H groups in total. The molecule has 0 spiro atoms. The van der Waals surface area contributed by atoms with E-state index in [1.54, 1.807) is 54.0 Å². The van der Waals surface area contributed by atoms with Crippen molar-refractivity contribution in [3.8, 4) is 0 Å². The van der Waals surface area contributed by atoms with E-state index in [1.807, 2.05) is 26.0 Å². The van der Waals surface area contributed by atoms with E-state index in [-0.39, 0.29) is 15.3 Å². The number of thiazole rings is 1. The Hall–Kier alpha value is -3.43. The summed E-state index contributed by atoms with van der Waals surface area (Å²) in [6.45, 7) is 6.07. The number of aryl methyl sites for hydroxylation is 3. The first kappa shape index (κ1) is 22.8. The molecule has 1 aromatic heterocycles. The average molecular weight is 482 g/mol. The highest BCUT2D eigenvalue weighted by atomic mass is 32.2. The van der Waals surface area contributed by atoms with Crippen molar-refractivity contribution in [2.45, 2.75) is 32.2 Å². The fourth-order valence-corrected chi connectivity index (χ4v) is 5.83. The van der Waals surface area contributed by atoms with Gasteiger partial charge in [0.25, 0.3) is 15.9 Å². The van der Waals surface area contributed by atoms with Crippen LogP contribution in [-0.2, 0) is 16.6 Å². The lowest BCUT2D eigenvalue weighted by molar-refractivity contribution is 0.102. The van der Waals surface area contributed by atoms with Crippen molar-refractivity contribution < 1.29 is 13.2 Å². The van der Waals surface area contributed by atoms with Crippen LogP contribution < -0.4 is 14.9 Å². The van der Waals surface area contributed by atoms with Crippen LogP contribution in [0.5, 0.6) is 0 Å². The highest BCUT2D eigenvalue weighted by Crippen LogP contribution is 2.24. The molecule has 9 heteroatoms. The molecule has 0 aliphatic rings. The Labute approximate surface area is 195 Å². The first-order valence-corrected chi connectivity index (χ1v) is 12.6. The van der Waals surface area contributed by atoms with Gasteiger partial charge in [-0.1, -0.05) is 35.1 Å². The number of amides is 1. The molecule has 4 aromatic rings. The minimum atomic E-state index is -3.89. The number of hydrogen-bond acceptors (Lipinski definition) is 5. The van der Waals surface area contributed by atoms with Crippen molar-refractivity contribution in [3.05, 3.63) is 87.0 Å². The summed E-state index contributed by atoms with van der Waals surface area (Å²) in [6.07, 6.45) is 0. The molecular weight excluding hydrogens is 458 g/mol. The van der Waals surface area contributed by atoms with E-state index in [0.29, 0.717) is 23.5 Å². The quantitative estimate of drug-likeness (QED) is 0.415. The fourth-order valence-electron chi connectivity index (χ4n) is 3.51. The Morgan fingerprint density at radius 3 is 2.36 bits per heavy atom. The van der Waals surface area contributed by atoms with Crippen molar-refractivity contribution in [2.24, 2.45) is 0 Å². The summed E-state index contributed by atoms with van der Waals surface area (Å²) in [5, 5.41) is 2.79. The van der Waals surface area contributed by atoms with Crippen LogP contribution in [0.3, 0.4) is 0 Å². The lowest BCUT2D eigenvalue weighted by Gasteiger charge is -2.12. The fraction of sp³-hybridized carbons (Fsp3) is 0.167. The first-order valence-electron chi connectivity index (χ1n) is 10.3. The number of fused-ring (bicyclic) bond motifs is 1. The number of nitrogens with zero attached hydrogens (tertiary/aromatic N) is 1. The van der Waals surface area contributed by atoms with Crippen LogP contribution in [0.4, 0.5) is 11.4 Å². The Bertz CT molecular complexity index is 1520. The number of nitrogens with one attached hydrogen (secondary N) is 2. The van der Waals surface area contributed by atoms with Gasteiger partial charge in [-0.2, -0.15) is 0 Å². The standard InChI is InChI=1S/C24H23N3O4S2/c1-4-27-20-12-11-19(14-21(20)32-24(27)29)25-23(28)17-8-7-16(3)22(13-17)33(30,31)26-18-9-5-15(2)6-10-18/h5-14,26H,4H2,1-3H3,(H,25,28). The Balaban J connectivity index is 1.60. The molecule has 0 fully saturated rings. The molecular formula is C24H23N3O4S2. The van der Waals surface area contributed by atoms with E-state index in [1.165, 1.54) is 6.07 Å². The van der Waals surface area contributed by atoms with Gasteiger partial charge >= 0.3 is 4.87 Å². The molecule has 170 valence electrons. The number of anilines is 2. The van der Waals surface area contributed by atoms with E-state index < -0.39 is 15.9 Å². The van der Waals surface area contributed by atoms with Crippen molar-refractivity contribution in [2.75, 3.05) is 10.0 Å². The van der Waals surface area contributed by atoms with Gasteiger partial charge in [-0.05, 0) is 68.8 Å². The van der Waals surface area contributed by atoms with Crippen LogP contribution in [0, 0.1) is 13.8 Å². The number of benzene rings is 3. The molecule has 0 aliphatic carbocycles. The van der Waals surface area contributed by atoms with Gasteiger partial charge in [0.15, 0.2) is 0 Å². The van der Waals surface area contributed by atoms with Crippen LogP contribution in [0.1, 0.15) is 28.4 Å². The van der Waals surface area contributed by atoms with Crippen LogP contribution >= 0.6 is 11.3 Å². The number of carbonyl (C=O) groups is 1. The highest BCUT2D eigenvalue weighted by molar-refractivity contribution is 7.92. The van der Waals surface area contributed by atoms with Crippen molar-refractivity contribution >= 4 is 48.9 Å². The summed E-state index contributed by atoms with van der Waals surface area (Å²) in [6, 6.07) is 16.8. The van der Waals surface area contributed by atoms with Crippen LogP contribution in [0.2, 0.25) is 0 Å². The van der Waals surface area contributed by atoms with Gasteiger partial charge in [0, 0.05) is 23.5 Å². The van der Waals surface area contributed by atoms with E-state index in [4.69, 9.17) is 0 Å². The zero-order valence-electron chi connectivity index (χ0n) is 18.4. The third kappa shape index (κ3) is 4.69. The molecule has 0 bridgehead atoms. The maximum atomic E-state index is 13.0. The molecule has 0 saturated heterocycles. The molecule has 33 heavy (non-hydrogen) atoms. The molecule has 4 rings (SSSR count). The number of sulfonamides is 1. The van der Waals surface area contributed by atoms with Gasteiger partial charge in [0.05, 0.1) is 15.1 Å². The maximum Gasteiger partial charge on any atom is 0.308 e. The molecule has 7 nitrogen and oxygen atoms in total. The van der Waals surface area contributed by atoms with Gasteiger partial charge in [0.1, 0.15) is 0 Å². The Kier molecular flexibility index (Phi) is 6.09. The molecule has 0 unspecified atom stereocenters.